The van der Waals surface area contributed by atoms with Crippen LogP contribution in [0.5, 0.6) is 0 Å². The maximum atomic E-state index is 11.2. The summed E-state index contributed by atoms with van der Waals surface area (Å²) in [6.07, 6.45) is 3.97. The van der Waals surface area contributed by atoms with Crippen molar-refractivity contribution in [1.29, 1.82) is 0 Å². The van der Waals surface area contributed by atoms with Gasteiger partial charge >= 0.3 is 0 Å². The lowest BCUT2D eigenvalue weighted by Gasteiger charge is -2.39. The topological polar surface area (TPSA) is 58.2 Å². The fourth-order valence-electron chi connectivity index (χ4n) is 2.60. The van der Waals surface area contributed by atoms with Crippen LogP contribution in [-0.4, -0.2) is 23.4 Å². The predicted octanol–water partition coefficient (Wildman–Crippen LogP) is 1.76. The Morgan fingerprint density at radius 1 is 1.28 bits per heavy atom. The summed E-state index contributed by atoms with van der Waals surface area (Å²) in [5.41, 5.74) is 0.958. The lowest BCUT2D eigenvalue weighted by Crippen LogP contribution is -2.51. The zero-order valence-electron chi connectivity index (χ0n) is 12.0. The molecule has 4 nitrogen and oxygen atoms in total. The Labute approximate surface area is 109 Å². The Morgan fingerprint density at radius 2 is 1.89 bits per heavy atom. The van der Waals surface area contributed by atoms with Crippen LogP contribution in [0.25, 0.3) is 0 Å². The van der Waals surface area contributed by atoms with Crippen molar-refractivity contribution in [3.05, 3.63) is 11.6 Å². The van der Waals surface area contributed by atoms with Crippen LogP contribution in [-0.2, 0) is 9.59 Å². The molecule has 0 aromatic heterocycles. The van der Waals surface area contributed by atoms with Crippen LogP contribution < -0.4 is 10.6 Å². The van der Waals surface area contributed by atoms with Gasteiger partial charge in [0.05, 0.1) is 6.04 Å². The number of allylic oxidation sites excluding steroid dienone is 1. The molecule has 1 rings (SSSR count). The summed E-state index contributed by atoms with van der Waals surface area (Å²) in [6.45, 7) is 9.20. The number of nitrogens with one attached hydrogen (secondary N) is 2. The second-order valence-corrected chi connectivity index (χ2v) is 5.77. The summed E-state index contributed by atoms with van der Waals surface area (Å²) in [5.74, 6) is 0.315. The van der Waals surface area contributed by atoms with Crippen LogP contribution in [0.4, 0.5) is 0 Å². The summed E-state index contributed by atoms with van der Waals surface area (Å²) in [5, 5.41) is 5.96. The lowest BCUT2D eigenvalue weighted by molar-refractivity contribution is -0.122. The standard InChI is InChI=1S/C14H24N2O2/c1-9-6-7-12(8-13(9)15-10(2)17)14(4,5)16-11(3)18/h6,12-13H,7-8H2,1-5H3,(H,15,17)(H,16,18)/t12?,13-/m1/s1. The van der Waals surface area contributed by atoms with Crippen LogP contribution in [0.2, 0.25) is 0 Å². The fraction of sp³-hybridized carbons (Fsp3) is 0.714. The molecule has 0 bridgehead atoms. The second-order valence-electron chi connectivity index (χ2n) is 5.77. The fourth-order valence-corrected chi connectivity index (χ4v) is 2.60. The number of amides is 2. The molecule has 1 unspecified atom stereocenters. The van der Waals surface area contributed by atoms with E-state index in [4.69, 9.17) is 0 Å². The minimum Gasteiger partial charge on any atom is -0.351 e. The number of carbonyl (C=O) groups is 2. The molecule has 0 heterocycles. The van der Waals surface area contributed by atoms with Gasteiger partial charge in [-0.25, -0.2) is 0 Å². The average molecular weight is 252 g/mol. The van der Waals surface area contributed by atoms with Crippen molar-refractivity contribution in [2.75, 3.05) is 0 Å². The van der Waals surface area contributed by atoms with Crippen LogP contribution in [0, 0.1) is 5.92 Å². The molecule has 1 aliphatic carbocycles. The molecular formula is C14H24N2O2. The highest BCUT2D eigenvalue weighted by atomic mass is 16.2. The van der Waals surface area contributed by atoms with Gasteiger partial charge in [0.1, 0.15) is 0 Å². The maximum Gasteiger partial charge on any atom is 0.217 e. The molecule has 0 radical (unpaired) electrons. The van der Waals surface area contributed by atoms with Crippen molar-refractivity contribution < 1.29 is 9.59 Å². The Balaban J connectivity index is 2.76. The molecule has 2 atom stereocenters. The normalized spacial score (nSPS) is 24.2. The van der Waals surface area contributed by atoms with E-state index in [1.165, 1.54) is 19.4 Å². The highest BCUT2D eigenvalue weighted by Crippen LogP contribution is 2.32. The molecule has 0 saturated heterocycles. The molecule has 102 valence electrons. The van der Waals surface area contributed by atoms with Crippen molar-refractivity contribution >= 4 is 11.8 Å². The summed E-state index contributed by atoms with van der Waals surface area (Å²) >= 11 is 0. The van der Waals surface area contributed by atoms with Crippen LogP contribution in [0.1, 0.15) is 47.5 Å². The van der Waals surface area contributed by atoms with E-state index in [0.717, 1.165) is 12.8 Å². The largest absolute Gasteiger partial charge is 0.351 e. The van der Waals surface area contributed by atoms with E-state index >= 15 is 0 Å². The first-order valence-corrected chi connectivity index (χ1v) is 6.45. The monoisotopic (exact) mass is 252 g/mol. The smallest absolute Gasteiger partial charge is 0.217 e. The van der Waals surface area contributed by atoms with Crippen molar-refractivity contribution in [3.8, 4) is 0 Å². The first-order chi connectivity index (χ1) is 8.22. The molecule has 2 amide bonds. The van der Waals surface area contributed by atoms with Gasteiger partial charge in [-0.15, -0.1) is 0 Å². The minimum absolute atomic E-state index is 0.00858. The SMILES string of the molecule is CC(=O)N[C@@H]1CC(C(C)(C)NC(C)=O)CC=C1C. The molecular weight excluding hydrogens is 228 g/mol. The van der Waals surface area contributed by atoms with E-state index in [2.05, 4.69) is 16.7 Å². The molecule has 2 N–H and O–H groups in total. The van der Waals surface area contributed by atoms with E-state index in [-0.39, 0.29) is 23.4 Å². The second kappa shape index (κ2) is 5.55. The Bertz CT molecular complexity index is 372. The quantitative estimate of drug-likeness (QED) is 0.752. The van der Waals surface area contributed by atoms with Crippen molar-refractivity contribution in [3.63, 3.8) is 0 Å². The van der Waals surface area contributed by atoms with E-state index < -0.39 is 0 Å². The number of rotatable bonds is 3. The van der Waals surface area contributed by atoms with Gasteiger partial charge in [-0.05, 0) is 39.5 Å². The molecule has 0 aromatic rings. The van der Waals surface area contributed by atoms with Gasteiger partial charge in [0.15, 0.2) is 0 Å². The Morgan fingerprint density at radius 3 is 2.39 bits per heavy atom. The minimum atomic E-state index is -0.250. The molecule has 18 heavy (non-hydrogen) atoms. The average Bonchev–Trinajstić information content (AvgIpc) is 2.18. The Kier molecular flexibility index (Phi) is 4.54. The third kappa shape index (κ3) is 3.86. The van der Waals surface area contributed by atoms with Crippen LogP contribution >= 0.6 is 0 Å². The van der Waals surface area contributed by atoms with Crippen molar-refractivity contribution in [2.24, 2.45) is 5.92 Å². The third-order valence-corrected chi connectivity index (χ3v) is 3.69. The van der Waals surface area contributed by atoms with Gasteiger partial charge in [-0.1, -0.05) is 11.6 Å². The lowest BCUT2D eigenvalue weighted by atomic mass is 9.75. The van der Waals surface area contributed by atoms with E-state index in [0.29, 0.717) is 5.92 Å². The third-order valence-electron chi connectivity index (χ3n) is 3.69. The van der Waals surface area contributed by atoms with Gasteiger partial charge < -0.3 is 10.6 Å². The summed E-state index contributed by atoms with van der Waals surface area (Å²) < 4.78 is 0. The summed E-state index contributed by atoms with van der Waals surface area (Å²) in [4.78, 5) is 22.4. The molecule has 0 fully saturated rings. The first-order valence-electron chi connectivity index (χ1n) is 6.45. The van der Waals surface area contributed by atoms with Crippen LogP contribution in [0.15, 0.2) is 11.6 Å². The predicted molar refractivity (Wildman–Crippen MR) is 72.0 cm³/mol. The zero-order valence-corrected chi connectivity index (χ0v) is 12.0. The highest BCUT2D eigenvalue weighted by molar-refractivity contribution is 5.74. The van der Waals surface area contributed by atoms with Gasteiger partial charge in [0, 0.05) is 19.4 Å². The number of hydrogen-bond donors (Lipinski definition) is 2. The van der Waals surface area contributed by atoms with Crippen LogP contribution in [0.3, 0.4) is 0 Å². The first kappa shape index (κ1) is 14.7. The molecule has 0 spiro atoms. The van der Waals surface area contributed by atoms with Crippen molar-refractivity contribution in [2.45, 2.75) is 59.0 Å². The van der Waals surface area contributed by atoms with Gasteiger partial charge in [-0.2, -0.15) is 0 Å². The van der Waals surface area contributed by atoms with E-state index in [9.17, 15) is 9.59 Å². The number of carbonyl (C=O) groups excluding carboxylic acids is 2. The molecule has 4 heteroatoms. The molecule has 1 aliphatic rings. The number of hydrogen-bond acceptors (Lipinski definition) is 2. The summed E-state index contributed by atoms with van der Waals surface area (Å²) in [6, 6.07) is 0.0919. The maximum absolute atomic E-state index is 11.2. The zero-order chi connectivity index (χ0) is 13.9. The molecule has 0 aliphatic heterocycles. The van der Waals surface area contributed by atoms with E-state index in [1.807, 2.05) is 20.8 Å². The Hall–Kier alpha value is -1.32. The van der Waals surface area contributed by atoms with Crippen molar-refractivity contribution in [1.82, 2.24) is 10.6 Å². The van der Waals surface area contributed by atoms with Gasteiger partial charge in [0.25, 0.3) is 0 Å². The summed E-state index contributed by atoms with van der Waals surface area (Å²) in [7, 11) is 0. The highest BCUT2D eigenvalue weighted by Gasteiger charge is 2.34. The van der Waals surface area contributed by atoms with Gasteiger partial charge in [-0.3, -0.25) is 9.59 Å². The van der Waals surface area contributed by atoms with E-state index in [1.54, 1.807) is 0 Å². The molecule has 0 aromatic carbocycles. The van der Waals surface area contributed by atoms with Gasteiger partial charge in [0.2, 0.25) is 11.8 Å². The molecule has 0 saturated carbocycles.